The van der Waals surface area contributed by atoms with Gasteiger partial charge in [-0.15, -0.1) is 0 Å². The Morgan fingerprint density at radius 3 is 2.69 bits per heavy atom. The summed E-state index contributed by atoms with van der Waals surface area (Å²) in [6.07, 6.45) is 0.568. The number of hydrogen-bond donors (Lipinski definition) is 2. The number of H-pyrrole nitrogens is 1. The molecule has 1 aromatic heterocycles. The van der Waals surface area contributed by atoms with Crippen LogP contribution >= 0.6 is 15.9 Å². The summed E-state index contributed by atoms with van der Waals surface area (Å²) < 4.78 is 2.29. The summed E-state index contributed by atoms with van der Waals surface area (Å²) in [4.78, 5) is 14.3. The normalized spacial score (nSPS) is 10.6. The van der Waals surface area contributed by atoms with Gasteiger partial charge in [0.1, 0.15) is 5.82 Å². The number of nitrogens with one attached hydrogen (secondary N) is 1. The first-order chi connectivity index (χ1) is 7.70. The third-order valence-corrected chi connectivity index (χ3v) is 2.65. The predicted molar refractivity (Wildman–Crippen MR) is 64.6 cm³/mol. The number of rotatable bonds is 3. The molecular weight excluding hydrogens is 272 g/mol. The number of aromatic nitrogens is 3. The van der Waals surface area contributed by atoms with Gasteiger partial charge in [-0.1, -0.05) is 15.9 Å². The molecule has 1 aromatic carbocycles. The molecule has 0 aliphatic carbocycles. The molecule has 0 radical (unpaired) electrons. The van der Waals surface area contributed by atoms with E-state index in [0.29, 0.717) is 18.8 Å². The molecular formula is C10H11BrN4O. The molecule has 3 N–H and O–H groups in total. The minimum absolute atomic E-state index is 0.245. The SMILES string of the molecule is NCCc1nn(-c2ccc(Br)cc2)c(=O)[nH]1. The number of halogens is 1. The Morgan fingerprint density at radius 2 is 2.06 bits per heavy atom. The average Bonchev–Trinajstić information content (AvgIpc) is 2.61. The second kappa shape index (κ2) is 4.63. The zero-order valence-electron chi connectivity index (χ0n) is 8.48. The molecule has 0 aliphatic heterocycles. The summed E-state index contributed by atoms with van der Waals surface area (Å²) in [5.74, 6) is 0.607. The monoisotopic (exact) mass is 282 g/mol. The minimum Gasteiger partial charge on any atom is -0.330 e. The molecule has 0 bridgehead atoms. The minimum atomic E-state index is -0.245. The van der Waals surface area contributed by atoms with Crippen LogP contribution in [0.5, 0.6) is 0 Å². The van der Waals surface area contributed by atoms with Crippen LogP contribution < -0.4 is 11.4 Å². The van der Waals surface area contributed by atoms with E-state index < -0.39 is 0 Å². The molecule has 2 aromatic rings. The van der Waals surface area contributed by atoms with Crippen molar-refractivity contribution in [2.45, 2.75) is 6.42 Å². The first kappa shape index (κ1) is 11.1. The van der Waals surface area contributed by atoms with Crippen molar-refractivity contribution in [3.63, 3.8) is 0 Å². The summed E-state index contributed by atoms with van der Waals surface area (Å²) in [5.41, 5.74) is 5.89. The smallest absolute Gasteiger partial charge is 0.330 e. The molecule has 0 amide bonds. The van der Waals surface area contributed by atoms with Gasteiger partial charge in [-0.25, -0.2) is 4.79 Å². The molecule has 84 valence electrons. The van der Waals surface area contributed by atoms with Crippen LogP contribution in [0.25, 0.3) is 5.69 Å². The van der Waals surface area contributed by atoms with Gasteiger partial charge in [0, 0.05) is 10.9 Å². The number of nitrogens with zero attached hydrogens (tertiary/aromatic N) is 2. The lowest BCUT2D eigenvalue weighted by atomic mass is 10.3. The summed E-state index contributed by atoms with van der Waals surface area (Å²) in [6, 6.07) is 7.36. The number of hydrogen-bond acceptors (Lipinski definition) is 3. The van der Waals surface area contributed by atoms with Crippen molar-refractivity contribution >= 4 is 15.9 Å². The molecule has 0 atom stereocenters. The van der Waals surface area contributed by atoms with E-state index in [2.05, 4.69) is 26.0 Å². The molecule has 5 nitrogen and oxygen atoms in total. The Hall–Kier alpha value is -1.40. The van der Waals surface area contributed by atoms with Crippen LogP contribution in [0.2, 0.25) is 0 Å². The zero-order chi connectivity index (χ0) is 11.5. The quantitative estimate of drug-likeness (QED) is 0.875. The molecule has 1 heterocycles. The fourth-order valence-corrected chi connectivity index (χ4v) is 1.64. The molecule has 0 aliphatic rings. The van der Waals surface area contributed by atoms with Crippen LogP contribution in [-0.2, 0) is 6.42 Å². The lowest BCUT2D eigenvalue weighted by Gasteiger charge is -1.98. The van der Waals surface area contributed by atoms with Gasteiger partial charge < -0.3 is 5.73 Å². The molecule has 16 heavy (non-hydrogen) atoms. The highest BCUT2D eigenvalue weighted by atomic mass is 79.9. The zero-order valence-corrected chi connectivity index (χ0v) is 10.1. The molecule has 6 heteroatoms. The molecule has 0 saturated heterocycles. The van der Waals surface area contributed by atoms with Gasteiger partial charge in [-0.2, -0.15) is 9.78 Å². The Labute approximate surface area is 100 Å². The second-order valence-electron chi connectivity index (χ2n) is 3.30. The number of aromatic amines is 1. The van der Waals surface area contributed by atoms with E-state index in [1.54, 1.807) is 0 Å². The van der Waals surface area contributed by atoms with E-state index >= 15 is 0 Å². The van der Waals surface area contributed by atoms with E-state index in [-0.39, 0.29) is 5.69 Å². The highest BCUT2D eigenvalue weighted by Gasteiger charge is 2.05. The Kier molecular flexibility index (Phi) is 3.21. The maximum Gasteiger partial charge on any atom is 0.348 e. The van der Waals surface area contributed by atoms with Crippen molar-refractivity contribution in [2.24, 2.45) is 5.73 Å². The molecule has 2 rings (SSSR count). The van der Waals surface area contributed by atoms with Crippen LogP contribution in [0, 0.1) is 0 Å². The standard InChI is InChI=1S/C10H11BrN4O/c11-7-1-3-8(4-2-7)15-10(16)13-9(14-15)5-6-12/h1-4H,5-6,12H2,(H,13,14,16). The van der Waals surface area contributed by atoms with Crippen LogP contribution in [-0.4, -0.2) is 21.3 Å². The lowest BCUT2D eigenvalue weighted by Crippen LogP contribution is -2.15. The Morgan fingerprint density at radius 1 is 1.38 bits per heavy atom. The fraction of sp³-hybridized carbons (Fsp3) is 0.200. The van der Waals surface area contributed by atoms with Gasteiger partial charge in [-0.05, 0) is 30.8 Å². The van der Waals surface area contributed by atoms with Gasteiger partial charge in [0.25, 0.3) is 0 Å². The Bertz CT molecular complexity index is 528. The topological polar surface area (TPSA) is 76.7 Å². The average molecular weight is 283 g/mol. The molecule has 0 saturated carbocycles. The van der Waals surface area contributed by atoms with E-state index in [0.717, 1.165) is 10.2 Å². The van der Waals surface area contributed by atoms with Crippen molar-refractivity contribution in [1.29, 1.82) is 0 Å². The second-order valence-corrected chi connectivity index (χ2v) is 4.22. The highest BCUT2D eigenvalue weighted by molar-refractivity contribution is 9.10. The molecule has 0 unspecified atom stereocenters. The van der Waals surface area contributed by atoms with Crippen LogP contribution in [0.3, 0.4) is 0 Å². The van der Waals surface area contributed by atoms with E-state index in [1.165, 1.54) is 4.68 Å². The van der Waals surface area contributed by atoms with E-state index in [9.17, 15) is 4.79 Å². The summed E-state index contributed by atoms with van der Waals surface area (Å²) >= 11 is 3.33. The summed E-state index contributed by atoms with van der Waals surface area (Å²) in [7, 11) is 0. The van der Waals surface area contributed by atoms with Gasteiger partial charge in [0.05, 0.1) is 5.69 Å². The summed E-state index contributed by atoms with van der Waals surface area (Å²) in [5, 5.41) is 4.15. The van der Waals surface area contributed by atoms with Gasteiger partial charge in [-0.3, -0.25) is 4.98 Å². The largest absolute Gasteiger partial charge is 0.348 e. The van der Waals surface area contributed by atoms with Crippen LogP contribution in [0.4, 0.5) is 0 Å². The molecule has 0 fully saturated rings. The highest BCUT2D eigenvalue weighted by Crippen LogP contribution is 2.11. The third-order valence-electron chi connectivity index (χ3n) is 2.12. The maximum absolute atomic E-state index is 11.6. The van der Waals surface area contributed by atoms with Crippen molar-refractivity contribution in [1.82, 2.24) is 14.8 Å². The van der Waals surface area contributed by atoms with Gasteiger partial charge in [0.2, 0.25) is 0 Å². The Balaban J connectivity index is 2.40. The van der Waals surface area contributed by atoms with Crippen molar-refractivity contribution in [3.8, 4) is 5.69 Å². The number of nitrogens with two attached hydrogens (primary N) is 1. The van der Waals surface area contributed by atoms with Crippen LogP contribution in [0.1, 0.15) is 5.82 Å². The predicted octanol–water partition coefficient (Wildman–Crippen LogP) is 0.824. The lowest BCUT2D eigenvalue weighted by molar-refractivity contribution is 0.804. The summed E-state index contributed by atoms with van der Waals surface area (Å²) in [6.45, 7) is 0.466. The first-order valence-electron chi connectivity index (χ1n) is 4.85. The van der Waals surface area contributed by atoms with Gasteiger partial charge in [0.15, 0.2) is 0 Å². The van der Waals surface area contributed by atoms with Crippen LogP contribution in [0.15, 0.2) is 33.5 Å². The van der Waals surface area contributed by atoms with E-state index in [1.807, 2.05) is 24.3 Å². The van der Waals surface area contributed by atoms with Gasteiger partial charge >= 0.3 is 5.69 Å². The third kappa shape index (κ3) is 2.23. The van der Waals surface area contributed by atoms with Crippen molar-refractivity contribution < 1.29 is 0 Å². The van der Waals surface area contributed by atoms with Crippen molar-refractivity contribution in [3.05, 3.63) is 45.0 Å². The molecule has 0 spiro atoms. The number of benzene rings is 1. The van der Waals surface area contributed by atoms with E-state index in [4.69, 9.17) is 5.73 Å². The fourth-order valence-electron chi connectivity index (χ4n) is 1.37. The maximum atomic E-state index is 11.6. The van der Waals surface area contributed by atoms with Crippen molar-refractivity contribution in [2.75, 3.05) is 6.54 Å². The first-order valence-corrected chi connectivity index (χ1v) is 5.64.